The van der Waals surface area contributed by atoms with Gasteiger partial charge in [0.1, 0.15) is 0 Å². The molecule has 7 heteroatoms. The third-order valence-electron chi connectivity index (χ3n) is 1.82. The van der Waals surface area contributed by atoms with E-state index in [9.17, 15) is 4.79 Å². The summed E-state index contributed by atoms with van der Waals surface area (Å²) in [6.07, 6.45) is 1.59. The number of carbonyl (C=O) groups is 1. The standard InChI is InChI=1S/C9H6N4O2S/c1-5-11-4-6(15-5)7-2-3-8(16-7)9(14)12-13-10/h2-4H,1H3. The predicted molar refractivity (Wildman–Crippen MR) is 58.0 cm³/mol. The van der Waals surface area contributed by atoms with Crippen molar-refractivity contribution in [2.75, 3.05) is 0 Å². The van der Waals surface area contributed by atoms with Gasteiger partial charge in [0.05, 0.1) is 16.0 Å². The van der Waals surface area contributed by atoms with E-state index in [0.717, 1.165) is 4.88 Å². The maximum absolute atomic E-state index is 11.2. The van der Waals surface area contributed by atoms with Crippen LogP contribution in [0.2, 0.25) is 0 Å². The first-order valence-corrected chi connectivity index (χ1v) is 5.14. The number of hydrogen-bond acceptors (Lipinski definition) is 4. The number of rotatable bonds is 2. The lowest BCUT2D eigenvalue weighted by molar-refractivity contribution is 0.100. The molecular weight excluding hydrogens is 228 g/mol. The summed E-state index contributed by atoms with van der Waals surface area (Å²) in [5.74, 6) is 0.573. The molecule has 0 aliphatic rings. The molecule has 0 atom stereocenters. The molecule has 0 aromatic carbocycles. The van der Waals surface area contributed by atoms with Crippen molar-refractivity contribution in [1.82, 2.24) is 4.98 Å². The molecule has 6 nitrogen and oxygen atoms in total. The first-order chi connectivity index (χ1) is 7.70. The first-order valence-electron chi connectivity index (χ1n) is 4.33. The molecule has 0 N–H and O–H groups in total. The van der Waals surface area contributed by atoms with Crippen molar-refractivity contribution in [3.05, 3.63) is 39.5 Å². The van der Waals surface area contributed by atoms with Crippen LogP contribution >= 0.6 is 11.3 Å². The summed E-state index contributed by atoms with van der Waals surface area (Å²) in [6.45, 7) is 1.74. The Kier molecular flexibility index (Phi) is 2.72. The summed E-state index contributed by atoms with van der Waals surface area (Å²) >= 11 is 1.20. The third kappa shape index (κ3) is 1.95. The maximum atomic E-state index is 11.2. The number of aromatic nitrogens is 1. The van der Waals surface area contributed by atoms with Crippen LogP contribution in [0.4, 0.5) is 0 Å². The lowest BCUT2D eigenvalue weighted by atomic mass is 10.4. The van der Waals surface area contributed by atoms with Crippen LogP contribution in [0.5, 0.6) is 0 Å². The smallest absolute Gasteiger partial charge is 0.259 e. The topological polar surface area (TPSA) is 91.9 Å². The largest absolute Gasteiger partial charge is 0.440 e. The van der Waals surface area contributed by atoms with Crippen LogP contribution in [0.25, 0.3) is 21.1 Å². The molecule has 0 unspecified atom stereocenters. The van der Waals surface area contributed by atoms with E-state index in [1.807, 2.05) is 0 Å². The van der Waals surface area contributed by atoms with E-state index >= 15 is 0 Å². The fourth-order valence-electron chi connectivity index (χ4n) is 1.15. The molecule has 0 spiro atoms. The zero-order chi connectivity index (χ0) is 11.5. The van der Waals surface area contributed by atoms with Crippen molar-refractivity contribution in [2.24, 2.45) is 5.11 Å². The van der Waals surface area contributed by atoms with Crippen molar-refractivity contribution in [1.29, 1.82) is 0 Å². The van der Waals surface area contributed by atoms with Crippen molar-refractivity contribution in [2.45, 2.75) is 6.92 Å². The lowest BCUT2D eigenvalue weighted by Gasteiger charge is -1.87. The molecule has 2 aromatic heterocycles. The molecule has 2 aromatic rings. The van der Waals surface area contributed by atoms with Gasteiger partial charge < -0.3 is 4.42 Å². The Morgan fingerprint density at radius 3 is 3.06 bits per heavy atom. The Morgan fingerprint density at radius 1 is 1.62 bits per heavy atom. The van der Waals surface area contributed by atoms with E-state index in [-0.39, 0.29) is 0 Å². The van der Waals surface area contributed by atoms with Crippen LogP contribution in [0.15, 0.2) is 27.9 Å². The van der Waals surface area contributed by atoms with Crippen LogP contribution in [0.1, 0.15) is 15.6 Å². The molecule has 16 heavy (non-hydrogen) atoms. The van der Waals surface area contributed by atoms with Crippen molar-refractivity contribution >= 4 is 17.2 Å². The number of aryl methyl sites for hydroxylation is 1. The van der Waals surface area contributed by atoms with E-state index < -0.39 is 5.91 Å². The Hall–Kier alpha value is -2.11. The minimum absolute atomic E-state index is 0.377. The number of nitrogens with zero attached hydrogens (tertiary/aromatic N) is 4. The van der Waals surface area contributed by atoms with Crippen molar-refractivity contribution in [3.63, 3.8) is 0 Å². The summed E-state index contributed by atoms with van der Waals surface area (Å²) in [6, 6.07) is 3.32. The van der Waals surface area contributed by atoms with Crippen molar-refractivity contribution in [3.8, 4) is 10.6 Å². The monoisotopic (exact) mass is 234 g/mol. The van der Waals surface area contributed by atoms with Gasteiger partial charge in [0.15, 0.2) is 11.7 Å². The highest BCUT2D eigenvalue weighted by Gasteiger charge is 2.11. The third-order valence-corrected chi connectivity index (χ3v) is 2.90. The molecule has 0 saturated heterocycles. The molecular formula is C9H6N4O2S. The first kappa shape index (κ1) is 10.4. The molecule has 80 valence electrons. The van der Waals surface area contributed by atoms with Crippen molar-refractivity contribution < 1.29 is 9.21 Å². The molecule has 2 heterocycles. The highest BCUT2D eigenvalue weighted by Crippen LogP contribution is 2.28. The van der Waals surface area contributed by atoms with E-state index in [2.05, 4.69) is 15.0 Å². The van der Waals surface area contributed by atoms with Gasteiger partial charge >= 0.3 is 0 Å². The van der Waals surface area contributed by atoms with Crippen LogP contribution in [-0.2, 0) is 0 Å². The second-order valence-corrected chi connectivity index (χ2v) is 3.99. The van der Waals surface area contributed by atoms with Gasteiger partial charge in [-0.15, -0.1) is 11.3 Å². The average Bonchev–Trinajstić information content (AvgIpc) is 2.85. The summed E-state index contributed by atoms with van der Waals surface area (Å²) in [4.78, 5) is 18.8. The van der Waals surface area contributed by atoms with Gasteiger partial charge in [-0.3, -0.25) is 4.79 Å². The molecule has 1 amide bonds. The second kappa shape index (κ2) is 4.18. The predicted octanol–water partition coefficient (Wildman–Crippen LogP) is 3.16. The highest BCUT2D eigenvalue weighted by atomic mass is 32.1. The van der Waals surface area contributed by atoms with E-state index in [0.29, 0.717) is 16.5 Å². The van der Waals surface area contributed by atoms with Gasteiger partial charge in [0.2, 0.25) is 0 Å². The SMILES string of the molecule is Cc1ncc(-c2ccc(C(=O)N=[N+]=[N-])s2)o1. The van der Waals surface area contributed by atoms with Crippen LogP contribution in [-0.4, -0.2) is 10.9 Å². The molecule has 0 radical (unpaired) electrons. The summed E-state index contributed by atoms with van der Waals surface area (Å²) in [7, 11) is 0. The minimum atomic E-state index is -0.588. The summed E-state index contributed by atoms with van der Waals surface area (Å²) in [5.41, 5.74) is 8.14. The number of amides is 1. The van der Waals surface area contributed by atoms with Gasteiger partial charge in [0, 0.05) is 11.8 Å². The quantitative estimate of drug-likeness (QED) is 0.453. The molecule has 0 aliphatic carbocycles. The molecule has 0 fully saturated rings. The average molecular weight is 234 g/mol. The van der Waals surface area contributed by atoms with Crippen LogP contribution in [0, 0.1) is 6.92 Å². The molecule has 0 bridgehead atoms. The molecule has 0 saturated carbocycles. The van der Waals surface area contributed by atoms with E-state index in [1.54, 1.807) is 25.3 Å². The Morgan fingerprint density at radius 2 is 2.44 bits per heavy atom. The van der Waals surface area contributed by atoms with Gasteiger partial charge in [0.25, 0.3) is 5.91 Å². The van der Waals surface area contributed by atoms with E-state index in [4.69, 9.17) is 9.95 Å². The van der Waals surface area contributed by atoms with Gasteiger partial charge in [-0.2, -0.15) is 0 Å². The van der Waals surface area contributed by atoms with Gasteiger partial charge in [-0.05, 0) is 22.8 Å². The normalized spacial score (nSPS) is 9.81. The fourth-order valence-corrected chi connectivity index (χ4v) is 1.98. The fraction of sp³-hybridized carbons (Fsp3) is 0.111. The number of hydrogen-bond donors (Lipinski definition) is 0. The summed E-state index contributed by atoms with van der Waals surface area (Å²) in [5, 5.41) is 3.01. The molecule has 0 aliphatic heterocycles. The zero-order valence-electron chi connectivity index (χ0n) is 8.25. The second-order valence-electron chi connectivity index (χ2n) is 2.90. The number of azide groups is 1. The number of oxazole rings is 1. The summed E-state index contributed by atoms with van der Waals surface area (Å²) < 4.78 is 5.31. The Balaban J connectivity index is 2.32. The van der Waals surface area contributed by atoms with Gasteiger partial charge in [-0.25, -0.2) is 4.98 Å². The number of carbonyl (C=O) groups excluding carboxylic acids is 1. The van der Waals surface area contributed by atoms with Crippen LogP contribution < -0.4 is 0 Å². The minimum Gasteiger partial charge on any atom is -0.440 e. The Labute approximate surface area is 94.2 Å². The maximum Gasteiger partial charge on any atom is 0.259 e. The van der Waals surface area contributed by atoms with E-state index in [1.165, 1.54) is 11.3 Å². The highest BCUT2D eigenvalue weighted by molar-refractivity contribution is 7.17. The zero-order valence-corrected chi connectivity index (χ0v) is 9.06. The molecule has 2 rings (SSSR count). The van der Waals surface area contributed by atoms with Gasteiger partial charge in [-0.1, -0.05) is 0 Å². The van der Waals surface area contributed by atoms with Crippen LogP contribution in [0.3, 0.4) is 0 Å². The Bertz CT molecular complexity index is 580. The number of thiophene rings is 1. The lowest BCUT2D eigenvalue weighted by Crippen LogP contribution is -1.86.